The number of benzene rings is 1. The Kier molecular flexibility index (Phi) is 5.67. The van der Waals surface area contributed by atoms with Crippen molar-refractivity contribution in [3.63, 3.8) is 0 Å². The first-order valence-corrected chi connectivity index (χ1v) is 10.6. The highest BCUT2D eigenvalue weighted by molar-refractivity contribution is 6.30. The number of amides is 1. The standard InChI is InChI=1S/C23H27ClN4O/c1-18-20(22(24)26(2)25-18)16-27-13-10-23(17-27)11-14-28(15-12-23)21(29)9-8-19-6-4-3-5-7-19/h3-7H,10-17H2,1-2H3. The van der Waals surface area contributed by atoms with Crippen LogP contribution in [0.15, 0.2) is 30.3 Å². The zero-order valence-electron chi connectivity index (χ0n) is 17.1. The van der Waals surface area contributed by atoms with Crippen molar-refractivity contribution < 1.29 is 4.79 Å². The monoisotopic (exact) mass is 410 g/mol. The fraction of sp³-hybridized carbons (Fsp3) is 0.478. The Hall–Kier alpha value is -2.29. The molecule has 5 nitrogen and oxygen atoms in total. The molecule has 0 saturated carbocycles. The fourth-order valence-electron chi connectivity index (χ4n) is 4.56. The third-order valence-electron chi connectivity index (χ3n) is 6.37. The second kappa shape index (κ2) is 8.22. The van der Waals surface area contributed by atoms with Gasteiger partial charge >= 0.3 is 0 Å². The van der Waals surface area contributed by atoms with E-state index in [0.717, 1.165) is 67.5 Å². The zero-order valence-corrected chi connectivity index (χ0v) is 17.9. The third kappa shape index (κ3) is 4.34. The van der Waals surface area contributed by atoms with E-state index in [1.54, 1.807) is 4.68 Å². The third-order valence-corrected chi connectivity index (χ3v) is 6.84. The van der Waals surface area contributed by atoms with Gasteiger partial charge in [0.05, 0.1) is 5.69 Å². The Labute approximate surface area is 177 Å². The summed E-state index contributed by atoms with van der Waals surface area (Å²) in [5.74, 6) is 5.73. The van der Waals surface area contributed by atoms with E-state index in [1.807, 2.05) is 49.2 Å². The number of likely N-dealkylation sites (tertiary alicyclic amines) is 2. The largest absolute Gasteiger partial charge is 0.332 e. The summed E-state index contributed by atoms with van der Waals surface area (Å²) in [4.78, 5) is 16.9. The molecule has 4 rings (SSSR count). The molecule has 1 spiro atoms. The van der Waals surface area contributed by atoms with Crippen LogP contribution in [0.1, 0.15) is 36.1 Å². The molecule has 0 unspecified atom stereocenters. The van der Waals surface area contributed by atoms with Crippen LogP contribution in [0.3, 0.4) is 0 Å². The van der Waals surface area contributed by atoms with Crippen molar-refractivity contribution >= 4 is 17.5 Å². The van der Waals surface area contributed by atoms with Crippen molar-refractivity contribution in [2.75, 3.05) is 26.2 Å². The molecule has 1 amide bonds. The normalized spacial score (nSPS) is 18.7. The number of piperidine rings is 1. The second-order valence-corrected chi connectivity index (χ2v) is 8.71. The summed E-state index contributed by atoms with van der Waals surface area (Å²) < 4.78 is 1.75. The van der Waals surface area contributed by atoms with Crippen molar-refractivity contribution in [2.45, 2.75) is 32.7 Å². The fourth-order valence-corrected chi connectivity index (χ4v) is 4.79. The van der Waals surface area contributed by atoms with E-state index in [-0.39, 0.29) is 5.91 Å². The van der Waals surface area contributed by atoms with E-state index in [2.05, 4.69) is 21.8 Å². The quantitative estimate of drug-likeness (QED) is 0.713. The number of hydrogen-bond donors (Lipinski definition) is 0. The van der Waals surface area contributed by atoms with Crippen molar-refractivity contribution in [3.8, 4) is 11.8 Å². The molecule has 0 atom stereocenters. The van der Waals surface area contributed by atoms with Crippen LogP contribution in [-0.2, 0) is 18.4 Å². The molecule has 1 aromatic carbocycles. The molecule has 3 heterocycles. The van der Waals surface area contributed by atoms with E-state index >= 15 is 0 Å². The summed E-state index contributed by atoms with van der Waals surface area (Å²) >= 11 is 6.41. The molecule has 0 radical (unpaired) electrons. The number of rotatable bonds is 2. The van der Waals surface area contributed by atoms with Gasteiger partial charge < -0.3 is 4.90 Å². The first-order chi connectivity index (χ1) is 14.0. The minimum Gasteiger partial charge on any atom is -0.332 e. The van der Waals surface area contributed by atoms with Gasteiger partial charge in [-0.15, -0.1) is 0 Å². The number of carbonyl (C=O) groups is 1. The Morgan fingerprint density at radius 1 is 1.17 bits per heavy atom. The lowest BCUT2D eigenvalue weighted by Crippen LogP contribution is -2.43. The maximum atomic E-state index is 12.5. The molecule has 2 aliphatic heterocycles. The molecule has 152 valence electrons. The van der Waals surface area contributed by atoms with Gasteiger partial charge in [-0.25, -0.2) is 0 Å². The molecular formula is C23H27ClN4O. The Morgan fingerprint density at radius 3 is 2.52 bits per heavy atom. The molecule has 0 bridgehead atoms. The lowest BCUT2D eigenvalue weighted by Gasteiger charge is -2.38. The molecule has 2 saturated heterocycles. The van der Waals surface area contributed by atoms with Crippen LogP contribution < -0.4 is 0 Å². The summed E-state index contributed by atoms with van der Waals surface area (Å²) in [6.07, 6.45) is 3.27. The van der Waals surface area contributed by atoms with Crippen LogP contribution in [-0.4, -0.2) is 51.7 Å². The number of aryl methyl sites for hydroxylation is 2. The van der Waals surface area contributed by atoms with Crippen molar-refractivity contribution in [1.29, 1.82) is 0 Å². The summed E-state index contributed by atoms with van der Waals surface area (Å²) in [6.45, 7) is 6.60. The molecule has 1 aromatic heterocycles. The highest BCUT2D eigenvalue weighted by atomic mass is 35.5. The lowest BCUT2D eigenvalue weighted by atomic mass is 9.78. The van der Waals surface area contributed by atoms with Crippen LogP contribution in [0.25, 0.3) is 0 Å². The van der Waals surface area contributed by atoms with Crippen LogP contribution in [0.5, 0.6) is 0 Å². The van der Waals surface area contributed by atoms with E-state index < -0.39 is 0 Å². The first kappa shape index (κ1) is 20.0. The Balaban J connectivity index is 1.32. The maximum Gasteiger partial charge on any atom is 0.298 e. The van der Waals surface area contributed by atoms with Gasteiger partial charge in [-0.3, -0.25) is 14.4 Å². The summed E-state index contributed by atoms with van der Waals surface area (Å²) in [5, 5.41) is 5.16. The second-order valence-electron chi connectivity index (χ2n) is 8.35. The van der Waals surface area contributed by atoms with E-state index in [1.165, 1.54) is 6.42 Å². The number of halogens is 1. The van der Waals surface area contributed by atoms with Crippen LogP contribution in [0, 0.1) is 24.2 Å². The first-order valence-electron chi connectivity index (χ1n) is 10.2. The van der Waals surface area contributed by atoms with E-state index in [9.17, 15) is 4.79 Å². The highest BCUT2D eigenvalue weighted by Gasteiger charge is 2.41. The molecule has 2 aliphatic rings. The van der Waals surface area contributed by atoms with Crippen LogP contribution >= 0.6 is 11.6 Å². The van der Waals surface area contributed by atoms with Gasteiger partial charge in [-0.1, -0.05) is 35.7 Å². The van der Waals surface area contributed by atoms with E-state index in [0.29, 0.717) is 5.41 Å². The van der Waals surface area contributed by atoms with E-state index in [4.69, 9.17) is 11.6 Å². The topological polar surface area (TPSA) is 41.4 Å². The number of carbonyl (C=O) groups excluding carboxylic acids is 1. The van der Waals surface area contributed by atoms with Gasteiger partial charge in [0.1, 0.15) is 5.15 Å². The van der Waals surface area contributed by atoms with Gasteiger partial charge in [0.2, 0.25) is 0 Å². The summed E-state index contributed by atoms with van der Waals surface area (Å²) in [7, 11) is 1.89. The minimum absolute atomic E-state index is 0.0590. The number of hydrogen-bond acceptors (Lipinski definition) is 3. The molecular weight excluding hydrogens is 384 g/mol. The minimum atomic E-state index is -0.0590. The Bertz CT molecular complexity index is 948. The van der Waals surface area contributed by atoms with Crippen molar-refractivity contribution in [1.82, 2.24) is 19.6 Å². The lowest BCUT2D eigenvalue weighted by molar-refractivity contribution is -0.127. The van der Waals surface area contributed by atoms with Crippen molar-refractivity contribution in [3.05, 3.63) is 52.3 Å². The van der Waals surface area contributed by atoms with Crippen molar-refractivity contribution in [2.24, 2.45) is 12.5 Å². The predicted molar refractivity (Wildman–Crippen MR) is 114 cm³/mol. The van der Waals surface area contributed by atoms with Gasteiger partial charge in [-0.2, -0.15) is 5.10 Å². The summed E-state index contributed by atoms with van der Waals surface area (Å²) in [6, 6.07) is 9.67. The smallest absolute Gasteiger partial charge is 0.298 e. The SMILES string of the molecule is Cc1nn(C)c(Cl)c1CN1CCC2(CCN(C(=O)C#Cc3ccccc3)CC2)C1. The molecule has 29 heavy (non-hydrogen) atoms. The highest BCUT2D eigenvalue weighted by Crippen LogP contribution is 2.41. The van der Waals surface area contributed by atoms with Gasteiger partial charge in [0.25, 0.3) is 5.91 Å². The maximum absolute atomic E-state index is 12.5. The zero-order chi connectivity index (χ0) is 20.4. The van der Waals surface area contributed by atoms with Gasteiger partial charge in [-0.05, 0) is 50.3 Å². The van der Waals surface area contributed by atoms with Crippen LogP contribution in [0.2, 0.25) is 5.15 Å². The molecule has 0 N–H and O–H groups in total. The molecule has 2 fully saturated rings. The summed E-state index contributed by atoms with van der Waals surface area (Å²) in [5.41, 5.74) is 3.34. The Morgan fingerprint density at radius 2 is 1.86 bits per heavy atom. The predicted octanol–water partition coefficient (Wildman–Crippen LogP) is 3.25. The molecule has 2 aromatic rings. The van der Waals surface area contributed by atoms with Gasteiger partial charge in [0.15, 0.2) is 0 Å². The number of nitrogens with zero attached hydrogens (tertiary/aromatic N) is 4. The van der Waals surface area contributed by atoms with Gasteiger partial charge in [0, 0.05) is 50.3 Å². The van der Waals surface area contributed by atoms with Crippen LogP contribution in [0.4, 0.5) is 0 Å². The molecule has 0 aliphatic carbocycles. The average molecular weight is 411 g/mol. The average Bonchev–Trinajstić information content (AvgIpc) is 3.23. The number of aromatic nitrogens is 2. The molecule has 6 heteroatoms.